The third kappa shape index (κ3) is 1.28. The van der Waals surface area contributed by atoms with Gasteiger partial charge >= 0.3 is 0 Å². The summed E-state index contributed by atoms with van der Waals surface area (Å²) in [5.41, 5.74) is 2.19. The molecule has 2 heterocycles. The van der Waals surface area contributed by atoms with Crippen molar-refractivity contribution in [3.63, 3.8) is 0 Å². The summed E-state index contributed by atoms with van der Waals surface area (Å²) in [6, 6.07) is 0. The van der Waals surface area contributed by atoms with Crippen molar-refractivity contribution in [3.05, 3.63) is 20.5 Å². The number of hydrogen-bond donors (Lipinski definition) is 0. The molecule has 3 aliphatic rings. The first-order chi connectivity index (χ1) is 6.79. The van der Waals surface area contributed by atoms with E-state index in [1.165, 1.54) is 22.0 Å². The van der Waals surface area contributed by atoms with Gasteiger partial charge in [0.25, 0.3) is 0 Å². The lowest BCUT2D eigenvalue weighted by molar-refractivity contribution is 0.860. The normalized spacial score (nSPS) is 30.1. The minimum absolute atomic E-state index is 0.299. The molecule has 0 aromatic carbocycles. The third-order valence-electron chi connectivity index (χ3n) is 2.20. The van der Waals surface area contributed by atoms with Gasteiger partial charge in [0.1, 0.15) is 0 Å². The van der Waals surface area contributed by atoms with Gasteiger partial charge in [0.2, 0.25) is 0 Å². The first-order valence-corrected chi connectivity index (χ1v) is 8.49. The molecule has 0 N–H and O–H groups in total. The SMILES string of the molecule is CC1C2=NSSC2=C(Cl)C2=C1[N]SS2. The van der Waals surface area contributed by atoms with Gasteiger partial charge in [-0.05, 0) is 21.6 Å². The number of hydrogen-bond acceptors (Lipinski definition) is 5. The smallest absolute Gasteiger partial charge is 0.0745 e. The van der Waals surface area contributed by atoms with E-state index in [0.29, 0.717) is 5.92 Å². The maximum Gasteiger partial charge on any atom is 0.0745 e. The summed E-state index contributed by atoms with van der Waals surface area (Å²) in [6.07, 6.45) is 0. The van der Waals surface area contributed by atoms with Crippen molar-refractivity contribution in [3.8, 4) is 0 Å². The molecular weight excluding hydrogens is 276 g/mol. The Morgan fingerprint density at radius 2 is 2.00 bits per heavy atom. The van der Waals surface area contributed by atoms with Gasteiger partial charge in [-0.15, -0.1) is 0 Å². The lowest BCUT2D eigenvalue weighted by Crippen LogP contribution is -2.20. The minimum atomic E-state index is 0.299. The Morgan fingerprint density at radius 3 is 2.86 bits per heavy atom. The zero-order chi connectivity index (χ0) is 9.71. The van der Waals surface area contributed by atoms with Crippen molar-refractivity contribution in [1.29, 1.82) is 0 Å². The van der Waals surface area contributed by atoms with Crippen LogP contribution in [0.15, 0.2) is 24.9 Å². The molecular formula is C7H4ClN2S4. The second kappa shape index (κ2) is 3.59. The fourth-order valence-corrected chi connectivity index (χ4v) is 6.34. The maximum atomic E-state index is 6.30. The molecule has 1 unspecified atom stereocenters. The Bertz CT molecular complexity index is 400. The highest BCUT2D eigenvalue weighted by molar-refractivity contribution is 8.79. The van der Waals surface area contributed by atoms with E-state index in [1.807, 2.05) is 0 Å². The Labute approximate surface area is 103 Å². The molecule has 2 nitrogen and oxygen atoms in total. The molecule has 0 amide bonds. The summed E-state index contributed by atoms with van der Waals surface area (Å²) in [5.74, 6) is 0.299. The lowest BCUT2D eigenvalue weighted by Gasteiger charge is -2.19. The molecule has 0 saturated carbocycles. The summed E-state index contributed by atoms with van der Waals surface area (Å²) < 4.78 is 8.78. The monoisotopic (exact) mass is 279 g/mol. The minimum Gasteiger partial charge on any atom is -0.207 e. The first-order valence-electron chi connectivity index (χ1n) is 3.90. The number of fused-ring (bicyclic) bond motifs is 1. The van der Waals surface area contributed by atoms with Gasteiger partial charge in [0.05, 0.1) is 26.3 Å². The largest absolute Gasteiger partial charge is 0.207 e. The molecule has 7 heteroatoms. The van der Waals surface area contributed by atoms with Gasteiger partial charge in [0, 0.05) is 27.9 Å². The Hall–Kier alpha value is 0.640. The average Bonchev–Trinajstić information content (AvgIpc) is 2.82. The van der Waals surface area contributed by atoms with Crippen molar-refractivity contribution in [2.45, 2.75) is 6.92 Å². The highest BCUT2D eigenvalue weighted by Crippen LogP contribution is 2.56. The van der Waals surface area contributed by atoms with Gasteiger partial charge < -0.3 is 0 Å². The second-order valence-electron chi connectivity index (χ2n) is 2.96. The van der Waals surface area contributed by atoms with Crippen molar-refractivity contribution < 1.29 is 0 Å². The van der Waals surface area contributed by atoms with E-state index in [-0.39, 0.29) is 0 Å². The molecule has 2 aliphatic heterocycles. The van der Waals surface area contributed by atoms with Crippen LogP contribution in [0.5, 0.6) is 0 Å². The fourth-order valence-electron chi connectivity index (χ4n) is 1.44. The van der Waals surface area contributed by atoms with Crippen molar-refractivity contribution in [1.82, 2.24) is 4.72 Å². The number of rotatable bonds is 0. The standard InChI is InChI=1S/C7H4ClN2S4/c1-2-4-6(11-13-9-4)3(8)7-5(2)10-14-12-7/h2H,1H3. The Morgan fingerprint density at radius 1 is 1.21 bits per heavy atom. The Kier molecular flexibility index (Phi) is 2.52. The molecule has 0 spiro atoms. The molecule has 1 atom stereocenters. The van der Waals surface area contributed by atoms with Gasteiger partial charge in [-0.25, -0.2) is 9.12 Å². The fraction of sp³-hybridized carbons (Fsp3) is 0.286. The number of halogens is 1. The van der Waals surface area contributed by atoms with E-state index in [1.54, 1.807) is 21.6 Å². The van der Waals surface area contributed by atoms with E-state index in [0.717, 1.165) is 26.3 Å². The Balaban J connectivity index is 2.17. The quantitative estimate of drug-likeness (QED) is 0.495. The van der Waals surface area contributed by atoms with E-state index in [2.05, 4.69) is 16.0 Å². The van der Waals surface area contributed by atoms with Gasteiger partial charge in [-0.2, -0.15) is 0 Å². The average molecular weight is 280 g/mol. The predicted octanol–water partition coefficient (Wildman–Crippen LogP) is 3.96. The summed E-state index contributed by atoms with van der Waals surface area (Å²) in [6.45, 7) is 2.14. The molecule has 0 aromatic heterocycles. The van der Waals surface area contributed by atoms with Crippen LogP contribution in [0, 0.1) is 5.92 Å². The van der Waals surface area contributed by atoms with E-state index in [9.17, 15) is 0 Å². The van der Waals surface area contributed by atoms with Crippen LogP contribution in [0.4, 0.5) is 0 Å². The zero-order valence-corrected chi connectivity index (χ0v) is 11.0. The van der Waals surface area contributed by atoms with Crippen LogP contribution in [0.2, 0.25) is 0 Å². The van der Waals surface area contributed by atoms with Gasteiger partial charge in [-0.3, -0.25) is 0 Å². The first kappa shape index (κ1) is 9.84. The molecule has 73 valence electrons. The van der Waals surface area contributed by atoms with E-state index in [4.69, 9.17) is 11.6 Å². The molecule has 0 fully saturated rings. The van der Waals surface area contributed by atoms with Crippen LogP contribution in [0.25, 0.3) is 0 Å². The highest BCUT2D eigenvalue weighted by Gasteiger charge is 2.38. The molecule has 0 saturated heterocycles. The van der Waals surface area contributed by atoms with Crippen LogP contribution < -0.4 is 4.72 Å². The molecule has 1 aliphatic carbocycles. The van der Waals surface area contributed by atoms with Crippen LogP contribution in [-0.4, -0.2) is 5.71 Å². The van der Waals surface area contributed by atoms with Crippen LogP contribution in [0.3, 0.4) is 0 Å². The summed E-state index contributed by atoms with van der Waals surface area (Å²) in [7, 11) is 6.31. The molecule has 14 heavy (non-hydrogen) atoms. The van der Waals surface area contributed by atoms with Crippen LogP contribution in [0.1, 0.15) is 6.92 Å². The topological polar surface area (TPSA) is 26.5 Å². The van der Waals surface area contributed by atoms with Crippen LogP contribution >= 0.6 is 55.1 Å². The molecule has 0 aromatic rings. The second-order valence-corrected chi connectivity index (χ2v) is 7.05. The summed E-state index contributed by atoms with van der Waals surface area (Å²) in [5, 5.41) is 0.839. The van der Waals surface area contributed by atoms with Crippen LogP contribution in [-0.2, 0) is 0 Å². The molecule has 3 rings (SSSR count). The van der Waals surface area contributed by atoms with Gasteiger partial charge in [0.15, 0.2) is 0 Å². The summed E-state index contributed by atoms with van der Waals surface area (Å²) >= 11 is 6.30. The summed E-state index contributed by atoms with van der Waals surface area (Å²) in [4.78, 5) is 2.27. The van der Waals surface area contributed by atoms with Gasteiger partial charge in [-0.1, -0.05) is 18.5 Å². The van der Waals surface area contributed by atoms with Crippen molar-refractivity contribution in [2.24, 2.45) is 10.3 Å². The third-order valence-corrected chi connectivity index (χ3v) is 6.54. The highest BCUT2D eigenvalue weighted by atomic mass is 35.5. The van der Waals surface area contributed by atoms with Crippen molar-refractivity contribution >= 4 is 60.9 Å². The van der Waals surface area contributed by atoms with E-state index < -0.39 is 0 Å². The van der Waals surface area contributed by atoms with E-state index >= 15 is 0 Å². The number of allylic oxidation sites excluding steroid dienone is 3. The van der Waals surface area contributed by atoms with Crippen molar-refractivity contribution in [2.75, 3.05) is 0 Å². The molecule has 1 radical (unpaired) electrons. The molecule has 0 bridgehead atoms. The maximum absolute atomic E-state index is 6.30. The number of nitrogens with zero attached hydrogens (tertiary/aromatic N) is 2. The predicted molar refractivity (Wildman–Crippen MR) is 69.0 cm³/mol. The zero-order valence-electron chi connectivity index (χ0n) is 6.98. The lowest BCUT2D eigenvalue weighted by atomic mass is 9.97.